The van der Waals surface area contributed by atoms with Crippen LogP contribution in [0.15, 0.2) is 48.5 Å². The predicted molar refractivity (Wildman–Crippen MR) is 117 cm³/mol. The van der Waals surface area contributed by atoms with Crippen molar-refractivity contribution in [2.24, 2.45) is 0 Å². The average molecular weight is 412 g/mol. The summed E-state index contributed by atoms with van der Waals surface area (Å²) in [4.78, 5) is 36.4. The number of rotatable bonds is 9. The van der Waals surface area contributed by atoms with Crippen LogP contribution in [0.4, 0.5) is 16.2 Å². The van der Waals surface area contributed by atoms with E-state index in [1.54, 1.807) is 30.3 Å². The minimum Gasteiger partial charge on any atom is -0.461 e. The van der Waals surface area contributed by atoms with Crippen molar-refractivity contribution >= 4 is 29.3 Å². The molecule has 0 heterocycles. The average Bonchev–Trinajstić information content (AvgIpc) is 2.72. The number of para-hydroxylation sites is 1. The molecule has 7 heteroatoms. The molecule has 30 heavy (non-hydrogen) atoms. The number of benzene rings is 2. The van der Waals surface area contributed by atoms with Gasteiger partial charge in [-0.05, 0) is 49.1 Å². The molecule has 0 bridgehead atoms. The van der Waals surface area contributed by atoms with Crippen LogP contribution in [0.1, 0.15) is 37.8 Å². The van der Waals surface area contributed by atoms with E-state index in [1.165, 1.54) is 0 Å². The van der Waals surface area contributed by atoms with Crippen LogP contribution >= 0.6 is 0 Å². The lowest BCUT2D eigenvalue weighted by atomic mass is 10.1. The summed E-state index contributed by atoms with van der Waals surface area (Å²) in [6.07, 6.45) is 1.37. The van der Waals surface area contributed by atoms with E-state index < -0.39 is 12.0 Å². The Morgan fingerprint density at radius 2 is 1.70 bits per heavy atom. The fourth-order valence-electron chi connectivity index (χ4n) is 2.89. The van der Waals surface area contributed by atoms with Crippen molar-refractivity contribution in [3.8, 4) is 0 Å². The number of anilines is 2. The molecule has 0 saturated heterocycles. The van der Waals surface area contributed by atoms with Gasteiger partial charge in [0.25, 0.3) is 0 Å². The highest BCUT2D eigenvalue weighted by molar-refractivity contribution is 6.00. The van der Waals surface area contributed by atoms with Crippen molar-refractivity contribution < 1.29 is 19.1 Å². The molecule has 7 nitrogen and oxygen atoms in total. The molecule has 0 atom stereocenters. The van der Waals surface area contributed by atoms with Crippen LogP contribution in [-0.2, 0) is 20.7 Å². The molecule has 0 spiro atoms. The molecule has 0 saturated carbocycles. The Bertz CT molecular complexity index is 878. The van der Waals surface area contributed by atoms with Crippen molar-refractivity contribution in [2.75, 3.05) is 17.2 Å². The third-order valence-electron chi connectivity index (χ3n) is 4.53. The van der Waals surface area contributed by atoms with Crippen LogP contribution < -0.4 is 16.0 Å². The second-order valence-electron chi connectivity index (χ2n) is 6.99. The second kappa shape index (κ2) is 11.6. The Morgan fingerprint density at radius 3 is 2.40 bits per heavy atom. The van der Waals surface area contributed by atoms with Gasteiger partial charge in [-0.3, -0.25) is 9.59 Å². The highest BCUT2D eigenvalue weighted by Crippen LogP contribution is 2.17. The highest BCUT2D eigenvalue weighted by atomic mass is 16.5. The molecule has 0 aliphatic rings. The molecular weight excluding hydrogens is 382 g/mol. The minimum absolute atomic E-state index is 0.0269. The fourth-order valence-corrected chi connectivity index (χ4v) is 2.89. The molecule has 0 unspecified atom stereocenters. The standard InChI is InChI=1S/C23H29N3O4/c1-4-19(5-2)30-22(28)15-24-21(27)14-17-10-6-7-12-20(17)26-23(29)25-18-11-8-9-16(3)13-18/h6-13,19H,4-5,14-15H2,1-3H3,(H,24,27)(H2,25,26,29). The lowest BCUT2D eigenvalue weighted by Gasteiger charge is -2.15. The largest absolute Gasteiger partial charge is 0.461 e. The Hall–Kier alpha value is -3.35. The Balaban J connectivity index is 1.90. The van der Waals surface area contributed by atoms with Gasteiger partial charge in [-0.1, -0.05) is 44.2 Å². The first-order chi connectivity index (χ1) is 14.4. The normalized spacial score (nSPS) is 10.4. The van der Waals surface area contributed by atoms with Crippen LogP contribution in [0.5, 0.6) is 0 Å². The van der Waals surface area contributed by atoms with Gasteiger partial charge in [0.05, 0.1) is 6.42 Å². The molecule has 0 aromatic heterocycles. The van der Waals surface area contributed by atoms with E-state index in [0.717, 1.165) is 18.4 Å². The number of esters is 1. The SMILES string of the molecule is CCC(CC)OC(=O)CNC(=O)Cc1ccccc1NC(=O)Nc1cccc(C)c1. The summed E-state index contributed by atoms with van der Waals surface area (Å²) < 4.78 is 5.27. The van der Waals surface area contributed by atoms with Crippen LogP contribution in [0.3, 0.4) is 0 Å². The second-order valence-corrected chi connectivity index (χ2v) is 6.99. The molecule has 2 rings (SSSR count). The van der Waals surface area contributed by atoms with Crippen LogP contribution in [0.2, 0.25) is 0 Å². The topological polar surface area (TPSA) is 96.5 Å². The molecule has 3 amide bonds. The number of hydrogen-bond donors (Lipinski definition) is 3. The van der Waals surface area contributed by atoms with Gasteiger partial charge in [-0.25, -0.2) is 4.79 Å². The van der Waals surface area contributed by atoms with E-state index in [1.807, 2.05) is 39.0 Å². The first kappa shape index (κ1) is 22.9. The molecule has 0 aliphatic heterocycles. The van der Waals surface area contributed by atoms with Gasteiger partial charge in [0.15, 0.2) is 0 Å². The molecule has 0 fully saturated rings. The first-order valence-corrected chi connectivity index (χ1v) is 10.1. The Labute approximate surface area is 177 Å². The highest BCUT2D eigenvalue weighted by Gasteiger charge is 2.14. The quantitative estimate of drug-likeness (QED) is 0.543. The fraction of sp³-hybridized carbons (Fsp3) is 0.348. The van der Waals surface area contributed by atoms with Gasteiger partial charge in [0.1, 0.15) is 12.6 Å². The van der Waals surface area contributed by atoms with E-state index in [-0.39, 0.29) is 25.0 Å². The number of carbonyl (C=O) groups is 3. The number of carbonyl (C=O) groups excluding carboxylic acids is 3. The molecule has 2 aromatic rings. The summed E-state index contributed by atoms with van der Waals surface area (Å²) in [5.74, 6) is -0.786. The van der Waals surface area contributed by atoms with Gasteiger partial charge in [0.2, 0.25) is 5.91 Å². The van der Waals surface area contributed by atoms with Crippen molar-refractivity contribution in [1.82, 2.24) is 5.32 Å². The van der Waals surface area contributed by atoms with Crippen LogP contribution in [-0.4, -0.2) is 30.6 Å². The van der Waals surface area contributed by atoms with E-state index in [9.17, 15) is 14.4 Å². The maximum Gasteiger partial charge on any atom is 0.325 e. The molecule has 0 radical (unpaired) electrons. The third-order valence-corrected chi connectivity index (χ3v) is 4.53. The van der Waals surface area contributed by atoms with Crippen molar-refractivity contribution in [3.05, 3.63) is 59.7 Å². The summed E-state index contributed by atoms with van der Waals surface area (Å²) in [5, 5.41) is 8.11. The predicted octanol–water partition coefficient (Wildman–Crippen LogP) is 4.03. The Morgan fingerprint density at radius 1 is 0.967 bits per heavy atom. The van der Waals surface area contributed by atoms with Crippen LogP contribution in [0, 0.1) is 6.92 Å². The maximum absolute atomic E-state index is 12.3. The van der Waals surface area contributed by atoms with Crippen LogP contribution in [0.25, 0.3) is 0 Å². The lowest BCUT2D eigenvalue weighted by Crippen LogP contribution is -2.33. The minimum atomic E-state index is -0.457. The molecule has 0 aliphatic carbocycles. The summed E-state index contributed by atoms with van der Waals surface area (Å²) in [6.45, 7) is 5.65. The number of hydrogen-bond acceptors (Lipinski definition) is 4. The molecule has 2 aromatic carbocycles. The summed E-state index contributed by atoms with van der Waals surface area (Å²) in [6, 6.07) is 14.1. The van der Waals surface area contributed by atoms with Crippen molar-refractivity contribution in [3.63, 3.8) is 0 Å². The van der Waals surface area contributed by atoms with Gasteiger partial charge in [-0.15, -0.1) is 0 Å². The zero-order valence-electron chi connectivity index (χ0n) is 17.7. The van der Waals surface area contributed by atoms with Gasteiger partial charge in [-0.2, -0.15) is 0 Å². The Kier molecular flexibility index (Phi) is 8.87. The maximum atomic E-state index is 12.3. The zero-order chi connectivity index (χ0) is 21.9. The molecule has 160 valence electrons. The van der Waals surface area contributed by atoms with Gasteiger partial charge in [0, 0.05) is 11.4 Å². The molecule has 3 N–H and O–H groups in total. The van der Waals surface area contributed by atoms with Crippen molar-refractivity contribution in [2.45, 2.75) is 46.1 Å². The monoisotopic (exact) mass is 411 g/mol. The molecular formula is C23H29N3O4. The number of nitrogens with one attached hydrogen (secondary N) is 3. The number of amides is 3. The summed E-state index contributed by atoms with van der Waals surface area (Å²) in [5.41, 5.74) is 2.88. The van der Waals surface area contributed by atoms with E-state index >= 15 is 0 Å². The first-order valence-electron chi connectivity index (χ1n) is 10.1. The smallest absolute Gasteiger partial charge is 0.325 e. The summed E-state index contributed by atoms with van der Waals surface area (Å²) >= 11 is 0. The number of aryl methyl sites for hydroxylation is 1. The van der Waals surface area contributed by atoms with E-state index in [2.05, 4.69) is 16.0 Å². The number of urea groups is 1. The van der Waals surface area contributed by atoms with Gasteiger partial charge >= 0.3 is 12.0 Å². The summed E-state index contributed by atoms with van der Waals surface area (Å²) in [7, 11) is 0. The van der Waals surface area contributed by atoms with E-state index in [4.69, 9.17) is 4.74 Å². The lowest BCUT2D eigenvalue weighted by molar-refractivity contribution is -0.149. The van der Waals surface area contributed by atoms with E-state index in [0.29, 0.717) is 16.9 Å². The third kappa shape index (κ3) is 7.58. The van der Waals surface area contributed by atoms with Gasteiger partial charge < -0.3 is 20.7 Å². The number of ether oxygens (including phenoxy) is 1. The zero-order valence-corrected chi connectivity index (χ0v) is 17.7. The van der Waals surface area contributed by atoms with Crippen molar-refractivity contribution in [1.29, 1.82) is 0 Å².